The van der Waals surface area contributed by atoms with Crippen LogP contribution in [0.1, 0.15) is 5.82 Å². The van der Waals surface area contributed by atoms with E-state index in [-0.39, 0.29) is 5.75 Å². The van der Waals surface area contributed by atoms with Gasteiger partial charge in [-0.15, -0.1) is 11.8 Å². The van der Waals surface area contributed by atoms with Gasteiger partial charge in [0.05, 0.1) is 22.5 Å². The largest absolute Gasteiger partial charge is 0.481 e. The highest BCUT2D eigenvalue weighted by Gasteiger charge is 2.04. The minimum Gasteiger partial charge on any atom is -0.481 e. The molecule has 0 aliphatic carbocycles. The Morgan fingerprint density at radius 2 is 2.38 bits per heavy atom. The molecule has 2 rings (SSSR count). The molecule has 0 saturated heterocycles. The summed E-state index contributed by atoms with van der Waals surface area (Å²) in [4.78, 5) is 17.9. The van der Waals surface area contributed by atoms with Crippen LogP contribution in [0.2, 0.25) is 0 Å². The summed E-state index contributed by atoms with van der Waals surface area (Å²) in [7, 11) is 0. The first-order valence-corrected chi connectivity index (χ1v) is 6.53. The Morgan fingerprint density at radius 1 is 1.56 bits per heavy atom. The maximum absolute atomic E-state index is 10.3. The van der Waals surface area contributed by atoms with E-state index in [1.807, 2.05) is 18.2 Å². The number of aliphatic carboxylic acids is 1. The number of carboxylic acids is 1. The van der Waals surface area contributed by atoms with E-state index in [0.717, 1.165) is 21.3 Å². The Hall–Kier alpha value is -1.01. The van der Waals surface area contributed by atoms with Crippen molar-refractivity contribution in [1.29, 1.82) is 0 Å². The van der Waals surface area contributed by atoms with E-state index in [0.29, 0.717) is 5.75 Å². The average Bonchev–Trinajstić information content (AvgIpc) is 2.58. The fourth-order valence-electron chi connectivity index (χ4n) is 1.34. The standard InChI is InChI=1S/C10H9BrN2O2S/c11-6-1-2-7-8(3-6)13-9(12-7)4-16-5-10(14)15/h1-3H,4-5H2,(H,12,13)(H,14,15). The molecule has 0 bridgehead atoms. The van der Waals surface area contributed by atoms with Crippen molar-refractivity contribution in [1.82, 2.24) is 9.97 Å². The molecule has 0 aliphatic rings. The van der Waals surface area contributed by atoms with Gasteiger partial charge in [-0.3, -0.25) is 4.79 Å². The SMILES string of the molecule is O=C(O)CSCc1nc2ccc(Br)cc2[nH]1. The second-order valence-electron chi connectivity index (χ2n) is 3.23. The van der Waals surface area contributed by atoms with Gasteiger partial charge in [0.1, 0.15) is 5.82 Å². The number of H-pyrrole nitrogens is 1. The van der Waals surface area contributed by atoms with Crippen LogP contribution in [0, 0.1) is 0 Å². The molecule has 0 amide bonds. The van der Waals surface area contributed by atoms with Crippen LogP contribution in [-0.2, 0) is 10.5 Å². The number of carbonyl (C=O) groups is 1. The minimum atomic E-state index is -0.802. The van der Waals surface area contributed by atoms with Gasteiger partial charge in [-0.25, -0.2) is 4.98 Å². The van der Waals surface area contributed by atoms with E-state index in [1.165, 1.54) is 11.8 Å². The Kier molecular flexibility index (Phi) is 3.50. The summed E-state index contributed by atoms with van der Waals surface area (Å²) in [5, 5.41) is 8.51. The first kappa shape index (κ1) is 11.5. The molecule has 84 valence electrons. The van der Waals surface area contributed by atoms with Crippen LogP contribution in [0.15, 0.2) is 22.7 Å². The second kappa shape index (κ2) is 4.88. The van der Waals surface area contributed by atoms with E-state index in [4.69, 9.17) is 5.11 Å². The third kappa shape index (κ3) is 2.76. The number of imidazole rings is 1. The van der Waals surface area contributed by atoms with Crippen LogP contribution in [0.4, 0.5) is 0 Å². The molecule has 0 radical (unpaired) electrons. The molecule has 1 aromatic carbocycles. The zero-order valence-electron chi connectivity index (χ0n) is 8.24. The summed E-state index contributed by atoms with van der Waals surface area (Å²) in [6.45, 7) is 0. The Balaban J connectivity index is 2.10. The van der Waals surface area contributed by atoms with Crippen LogP contribution in [0.5, 0.6) is 0 Å². The van der Waals surface area contributed by atoms with Gasteiger partial charge in [-0.05, 0) is 18.2 Å². The number of nitrogens with zero attached hydrogens (tertiary/aromatic N) is 1. The molecule has 1 heterocycles. The lowest BCUT2D eigenvalue weighted by Gasteiger charge is -1.93. The molecule has 0 atom stereocenters. The molecule has 6 heteroatoms. The van der Waals surface area contributed by atoms with Gasteiger partial charge in [0.2, 0.25) is 0 Å². The molecule has 2 aromatic rings. The average molecular weight is 301 g/mol. The van der Waals surface area contributed by atoms with E-state index >= 15 is 0 Å². The number of fused-ring (bicyclic) bond motifs is 1. The number of hydrogen-bond donors (Lipinski definition) is 2. The monoisotopic (exact) mass is 300 g/mol. The van der Waals surface area contributed by atoms with Crippen molar-refractivity contribution in [2.45, 2.75) is 5.75 Å². The van der Waals surface area contributed by atoms with Gasteiger partial charge >= 0.3 is 5.97 Å². The number of benzene rings is 1. The lowest BCUT2D eigenvalue weighted by Crippen LogP contribution is -1.98. The number of nitrogens with one attached hydrogen (secondary N) is 1. The van der Waals surface area contributed by atoms with Crippen molar-refractivity contribution in [2.24, 2.45) is 0 Å². The lowest BCUT2D eigenvalue weighted by molar-refractivity contribution is -0.133. The third-order valence-corrected chi connectivity index (χ3v) is 3.38. The summed E-state index contributed by atoms with van der Waals surface area (Å²) < 4.78 is 0.994. The van der Waals surface area contributed by atoms with E-state index < -0.39 is 5.97 Å². The normalized spacial score (nSPS) is 10.8. The molecular formula is C10H9BrN2O2S. The van der Waals surface area contributed by atoms with Crippen molar-refractivity contribution in [2.75, 3.05) is 5.75 Å². The number of rotatable bonds is 4. The van der Waals surface area contributed by atoms with Crippen molar-refractivity contribution in [3.63, 3.8) is 0 Å². The van der Waals surface area contributed by atoms with Crippen LogP contribution in [0.3, 0.4) is 0 Å². The first-order valence-electron chi connectivity index (χ1n) is 4.59. The summed E-state index contributed by atoms with van der Waals surface area (Å²) in [5.41, 5.74) is 1.86. The number of carboxylic acid groups (broad SMARTS) is 1. The lowest BCUT2D eigenvalue weighted by atomic mass is 10.3. The summed E-state index contributed by atoms with van der Waals surface area (Å²) >= 11 is 4.71. The van der Waals surface area contributed by atoms with E-state index in [9.17, 15) is 4.79 Å². The number of aromatic nitrogens is 2. The number of thioether (sulfide) groups is 1. The van der Waals surface area contributed by atoms with Crippen molar-refractivity contribution >= 4 is 44.7 Å². The molecule has 2 N–H and O–H groups in total. The quantitative estimate of drug-likeness (QED) is 0.911. The minimum absolute atomic E-state index is 0.0980. The van der Waals surface area contributed by atoms with Gasteiger partial charge < -0.3 is 10.1 Å². The molecule has 0 unspecified atom stereocenters. The molecule has 16 heavy (non-hydrogen) atoms. The predicted molar refractivity (Wildman–Crippen MR) is 67.6 cm³/mol. The summed E-state index contributed by atoms with van der Waals surface area (Å²) in [6.07, 6.45) is 0. The van der Waals surface area contributed by atoms with Crippen LogP contribution >= 0.6 is 27.7 Å². The summed E-state index contributed by atoms with van der Waals surface area (Å²) in [5.74, 6) is 0.683. The second-order valence-corrected chi connectivity index (χ2v) is 5.13. The van der Waals surface area contributed by atoms with E-state index in [2.05, 4.69) is 25.9 Å². The number of halogens is 1. The topological polar surface area (TPSA) is 66.0 Å². The fourth-order valence-corrected chi connectivity index (χ4v) is 2.31. The van der Waals surface area contributed by atoms with Crippen LogP contribution in [0.25, 0.3) is 11.0 Å². The van der Waals surface area contributed by atoms with E-state index in [1.54, 1.807) is 0 Å². The molecule has 0 spiro atoms. The molecular weight excluding hydrogens is 292 g/mol. The van der Waals surface area contributed by atoms with Crippen LogP contribution in [-0.4, -0.2) is 26.8 Å². The predicted octanol–water partition coefficient (Wildman–Crippen LogP) is 2.64. The smallest absolute Gasteiger partial charge is 0.313 e. The zero-order valence-corrected chi connectivity index (χ0v) is 10.6. The highest BCUT2D eigenvalue weighted by molar-refractivity contribution is 9.10. The molecule has 1 aromatic heterocycles. The first-order chi connectivity index (χ1) is 7.65. The molecule has 0 saturated carbocycles. The van der Waals surface area contributed by atoms with Crippen molar-refractivity contribution < 1.29 is 9.90 Å². The number of aromatic amines is 1. The Morgan fingerprint density at radius 3 is 3.12 bits per heavy atom. The third-order valence-electron chi connectivity index (χ3n) is 1.96. The van der Waals surface area contributed by atoms with Crippen molar-refractivity contribution in [3.05, 3.63) is 28.5 Å². The zero-order chi connectivity index (χ0) is 11.5. The van der Waals surface area contributed by atoms with Gasteiger partial charge in [-0.2, -0.15) is 0 Å². The molecule has 0 fully saturated rings. The highest BCUT2D eigenvalue weighted by atomic mass is 79.9. The number of hydrogen-bond acceptors (Lipinski definition) is 3. The Labute approximate surface area is 105 Å². The Bertz CT molecular complexity index is 527. The van der Waals surface area contributed by atoms with Gasteiger partial charge in [0.25, 0.3) is 0 Å². The van der Waals surface area contributed by atoms with Gasteiger partial charge in [0.15, 0.2) is 0 Å². The van der Waals surface area contributed by atoms with Crippen LogP contribution < -0.4 is 0 Å². The highest BCUT2D eigenvalue weighted by Crippen LogP contribution is 2.19. The van der Waals surface area contributed by atoms with Gasteiger partial charge in [0, 0.05) is 4.47 Å². The fraction of sp³-hybridized carbons (Fsp3) is 0.200. The van der Waals surface area contributed by atoms with Crippen molar-refractivity contribution in [3.8, 4) is 0 Å². The molecule has 4 nitrogen and oxygen atoms in total. The van der Waals surface area contributed by atoms with Gasteiger partial charge in [-0.1, -0.05) is 15.9 Å². The maximum atomic E-state index is 10.3. The maximum Gasteiger partial charge on any atom is 0.313 e. The molecule has 0 aliphatic heterocycles. The summed E-state index contributed by atoms with van der Waals surface area (Å²) in [6, 6.07) is 5.80.